The van der Waals surface area contributed by atoms with Crippen molar-refractivity contribution in [3.8, 4) is 5.69 Å². The Bertz CT molecular complexity index is 760. The summed E-state index contributed by atoms with van der Waals surface area (Å²) in [6, 6.07) is 12.1. The maximum atomic E-state index is 11.2. The Hall–Kier alpha value is -2.47. The highest BCUT2D eigenvalue weighted by Crippen LogP contribution is 2.21. The Morgan fingerprint density at radius 1 is 1.23 bits per heavy atom. The molecule has 0 amide bonds. The van der Waals surface area contributed by atoms with Gasteiger partial charge in [0.1, 0.15) is 5.69 Å². The largest absolute Gasteiger partial charge is 0.378 e. The molecule has 112 valence electrons. The lowest BCUT2D eigenvalue weighted by Crippen LogP contribution is -2.09. The van der Waals surface area contributed by atoms with Gasteiger partial charge in [-0.3, -0.25) is 4.79 Å². The lowest BCUT2D eigenvalue weighted by Gasteiger charge is -2.13. The second-order valence-corrected chi connectivity index (χ2v) is 6.15. The molecule has 0 bridgehead atoms. The van der Waals surface area contributed by atoms with Crippen LogP contribution in [-0.2, 0) is 6.42 Å². The lowest BCUT2D eigenvalue weighted by atomic mass is 10.2. The van der Waals surface area contributed by atoms with Crippen molar-refractivity contribution in [2.45, 2.75) is 6.42 Å². The van der Waals surface area contributed by atoms with Crippen molar-refractivity contribution in [2.75, 3.05) is 19.0 Å². The first kappa shape index (κ1) is 14.5. The van der Waals surface area contributed by atoms with Crippen molar-refractivity contribution in [2.24, 2.45) is 0 Å². The van der Waals surface area contributed by atoms with Gasteiger partial charge >= 0.3 is 0 Å². The van der Waals surface area contributed by atoms with Gasteiger partial charge in [-0.25, -0.2) is 4.68 Å². The van der Waals surface area contributed by atoms with Gasteiger partial charge in [0.2, 0.25) is 0 Å². The van der Waals surface area contributed by atoms with E-state index in [-0.39, 0.29) is 0 Å². The number of carbonyl (C=O) groups excluding carboxylic acids is 1. The molecule has 5 nitrogen and oxygen atoms in total. The van der Waals surface area contributed by atoms with Gasteiger partial charge < -0.3 is 4.90 Å². The van der Waals surface area contributed by atoms with Crippen LogP contribution in [0, 0.1) is 0 Å². The maximum Gasteiger partial charge on any atom is 0.172 e. The van der Waals surface area contributed by atoms with Gasteiger partial charge in [-0.05, 0) is 35.7 Å². The number of carbonyl (C=O) groups is 1. The van der Waals surface area contributed by atoms with Crippen LogP contribution in [0.15, 0.2) is 41.8 Å². The summed E-state index contributed by atoms with van der Waals surface area (Å²) in [5, 5.41) is 10.2. The molecule has 0 atom stereocenters. The van der Waals surface area contributed by atoms with Crippen LogP contribution in [-0.4, -0.2) is 35.4 Å². The number of aldehydes is 1. The highest BCUT2D eigenvalue weighted by Gasteiger charge is 2.15. The van der Waals surface area contributed by atoms with E-state index in [1.54, 1.807) is 16.0 Å². The molecule has 1 aromatic carbocycles. The topological polar surface area (TPSA) is 51.0 Å². The minimum Gasteiger partial charge on any atom is -0.378 e. The Morgan fingerprint density at radius 2 is 2.00 bits per heavy atom. The normalized spacial score (nSPS) is 10.6. The molecule has 0 aliphatic carbocycles. The van der Waals surface area contributed by atoms with Gasteiger partial charge in [0.25, 0.3) is 0 Å². The van der Waals surface area contributed by atoms with E-state index >= 15 is 0 Å². The fourth-order valence-electron chi connectivity index (χ4n) is 2.25. The number of nitrogens with zero attached hydrogens (tertiary/aromatic N) is 4. The molecule has 0 aliphatic rings. The molecule has 0 radical (unpaired) electrons. The summed E-state index contributed by atoms with van der Waals surface area (Å²) >= 11 is 1.66. The average molecular weight is 312 g/mol. The molecule has 2 heterocycles. The summed E-state index contributed by atoms with van der Waals surface area (Å²) in [6.07, 6.45) is 1.41. The Morgan fingerprint density at radius 3 is 2.59 bits per heavy atom. The van der Waals surface area contributed by atoms with E-state index in [0.717, 1.165) is 23.4 Å². The first-order valence-electron chi connectivity index (χ1n) is 6.89. The van der Waals surface area contributed by atoms with Crippen LogP contribution in [0.25, 0.3) is 5.69 Å². The zero-order valence-electron chi connectivity index (χ0n) is 12.4. The van der Waals surface area contributed by atoms with E-state index in [4.69, 9.17) is 0 Å². The predicted molar refractivity (Wildman–Crippen MR) is 88.2 cm³/mol. The van der Waals surface area contributed by atoms with Crippen LogP contribution in [0.3, 0.4) is 0 Å². The van der Waals surface area contributed by atoms with Crippen molar-refractivity contribution in [3.63, 3.8) is 0 Å². The minimum atomic E-state index is 0.394. The monoisotopic (exact) mass is 312 g/mol. The molecule has 0 aliphatic heterocycles. The fraction of sp³-hybridized carbons (Fsp3) is 0.188. The van der Waals surface area contributed by atoms with E-state index in [0.29, 0.717) is 12.1 Å². The Labute approximate surface area is 132 Å². The average Bonchev–Trinajstić information content (AvgIpc) is 3.17. The van der Waals surface area contributed by atoms with Crippen LogP contribution in [0.4, 0.5) is 5.69 Å². The van der Waals surface area contributed by atoms with Gasteiger partial charge in [0.15, 0.2) is 6.29 Å². The van der Waals surface area contributed by atoms with Crippen LogP contribution >= 0.6 is 11.3 Å². The molecule has 3 aromatic rings. The summed E-state index contributed by atoms with van der Waals surface area (Å²) in [5.74, 6) is 0. The fourth-order valence-corrected chi connectivity index (χ4v) is 2.96. The minimum absolute atomic E-state index is 0.394. The third-order valence-electron chi connectivity index (χ3n) is 3.44. The molecule has 6 heteroatoms. The van der Waals surface area contributed by atoms with Crippen LogP contribution in [0.2, 0.25) is 0 Å². The first-order valence-corrected chi connectivity index (χ1v) is 7.77. The van der Waals surface area contributed by atoms with E-state index in [1.807, 2.05) is 60.8 Å². The molecule has 2 aromatic heterocycles. The Kier molecular flexibility index (Phi) is 4.02. The van der Waals surface area contributed by atoms with Crippen molar-refractivity contribution < 1.29 is 4.79 Å². The van der Waals surface area contributed by atoms with Gasteiger partial charge in [-0.2, -0.15) is 0 Å². The Balaban J connectivity index is 1.99. The number of aromatic nitrogens is 3. The summed E-state index contributed by atoms with van der Waals surface area (Å²) < 4.78 is 1.74. The number of anilines is 1. The van der Waals surface area contributed by atoms with Crippen LogP contribution < -0.4 is 4.90 Å². The number of hydrogen-bond acceptors (Lipinski definition) is 5. The van der Waals surface area contributed by atoms with Crippen molar-refractivity contribution in [1.82, 2.24) is 15.0 Å². The number of thiophene rings is 1. The smallest absolute Gasteiger partial charge is 0.172 e. The predicted octanol–water partition coefficient (Wildman–Crippen LogP) is 2.80. The van der Waals surface area contributed by atoms with Gasteiger partial charge in [-0.15, -0.1) is 16.4 Å². The van der Waals surface area contributed by atoms with E-state index in [9.17, 15) is 4.79 Å². The molecule has 0 spiro atoms. The highest BCUT2D eigenvalue weighted by molar-refractivity contribution is 7.09. The molecule has 0 saturated carbocycles. The van der Waals surface area contributed by atoms with Crippen LogP contribution in [0.1, 0.15) is 21.1 Å². The van der Waals surface area contributed by atoms with Gasteiger partial charge in [0.05, 0.1) is 11.4 Å². The van der Waals surface area contributed by atoms with Crippen molar-refractivity contribution in [3.05, 3.63) is 58.0 Å². The SMILES string of the molecule is CN(C)c1ccc(-n2nnc(C=O)c2Cc2cccs2)cc1. The maximum absolute atomic E-state index is 11.2. The van der Waals surface area contributed by atoms with Crippen molar-refractivity contribution in [1.29, 1.82) is 0 Å². The van der Waals surface area contributed by atoms with Gasteiger partial charge in [-0.1, -0.05) is 11.3 Å². The number of benzene rings is 1. The zero-order chi connectivity index (χ0) is 15.5. The van der Waals surface area contributed by atoms with Gasteiger partial charge in [0, 0.05) is 31.1 Å². The second kappa shape index (κ2) is 6.11. The molecular formula is C16H16N4OS. The molecule has 0 fully saturated rings. The van der Waals surface area contributed by atoms with E-state index < -0.39 is 0 Å². The highest BCUT2D eigenvalue weighted by atomic mass is 32.1. The summed E-state index contributed by atoms with van der Waals surface area (Å²) in [5.41, 5.74) is 3.22. The van der Waals surface area contributed by atoms with Crippen molar-refractivity contribution >= 4 is 23.3 Å². The third kappa shape index (κ3) is 2.78. The number of hydrogen-bond donors (Lipinski definition) is 0. The molecule has 22 heavy (non-hydrogen) atoms. The number of rotatable bonds is 5. The van der Waals surface area contributed by atoms with E-state index in [2.05, 4.69) is 10.3 Å². The lowest BCUT2D eigenvalue weighted by molar-refractivity contribution is 0.111. The molecular weight excluding hydrogens is 296 g/mol. The summed E-state index contributed by atoms with van der Waals surface area (Å²) in [4.78, 5) is 14.4. The third-order valence-corrected chi connectivity index (χ3v) is 4.31. The van der Waals surface area contributed by atoms with E-state index in [1.165, 1.54) is 4.88 Å². The molecule has 0 saturated heterocycles. The zero-order valence-corrected chi connectivity index (χ0v) is 13.2. The summed E-state index contributed by atoms with van der Waals surface area (Å²) in [6.45, 7) is 0. The van der Waals surface area contributed by atoms with Crippen LogP contribution in [0.5, 0.6) is 0 Å². The molecule has 3 rings (SSSR count). The molecule has 0 unspecified atom stereocenters. The summed E-state index contributed by atoms with van der Waals surface area (Å²) in [7, 11) is 3.99. The quantitative estimate of drug-likeness (QED) is 0.680. The standard InChI is InChI=1S/C16H16N4OS/c1-19(2)12-5-7-13(8-6-12)20-16(15(11-21)17-18-20)10-14-4-3-9-22-14/h3-9,11H,10H2,1-2H3. The first-order chi connectivity index (χ1) is 10.7. The second-order valence-electron chi connectivity index (χ2n) is 5.12. The molecule has 0 N–H and O–H groups in total.